The van der Waals surface area contributed by atoms with Crippen molar-refractivity contribution in [2.75, 3.05) is 12.4 Å². The second-order valence-electron chi connectivity index (χ2n) is 5.58. The highest BCUT2D eigenvalue weighted by molar-refractivity contribution is 6.17. The van der Waals surface area contributed by atoms with Gasteiger partial charge in [0.25, 0.3) is 5.91 Å². The topological polar surface area (TPSA) is 29.5 Å². The van der Waals surface area contributed by atoms with Gasteiger partial charge in [-0.25, -0.2) is 0 Å². The average Bonchev–Trinajstić information content (AvgIpc) is 2.84. The van der Waals surface area contributed by atoms with Crippen molar-refractivity contribution in [3.63, 3.8) is 0 Å². The molecule has 0 spiro atoms. The molecule has 1 aromatic rings. The summed E-state index contributed by atoms with van der Waals surface area (Å²) < 4.78 is 5.82. The Morgan fingerprint density at radius 2 is 2.15 bits per heavy atom. The number of hydrogen-bond acceptors (Lipinski definition) is 2. The lowest BCUT2D eigenvalue weighted by Gasteiger charge is -2.38. The smallest absolute Gasteiger partial charge is 0.264 e. The first-order chi connectivity index (χ1) is 9.79. The molecule has 0 aromatic heterocycles. The van der Waals surface area contributed by atoms with Crippen LogP contribution < -0.4 is 4.74 Å². The zero-order chi connectivity index (χ0) is 13.9. The summed E-state index contributed by atoms with van der Waals surface area (Å²) in [5.74, 6) is 1.59. The van der Waals surface area contributed by atoms with Gasteiger partial charge in [0.05, 0.1) is 0 Å². The molecule has 1 heterocycles. The van der Waals surface area contributed by atoms with Gasteiger partial charge in [-0.05, 0) is 37.3 Å². The molecule has 4 heteroatoms. The Hall–Kier alpha value is -1.22. The van der Waals surface area contributed by atoms with Crippen LogP contribution in [0.1, 0.15) is 31.2 Å². The fourth-order valence-electron chi connectivity index (χ4n) is 2.91. The summed E-state index contributed by atoms with van der Waals surface area (Å²) in [4.78, 5) is 14.7. The molecule has 20 heavy (non-hydrogen) atoms. The number of benzene rings is 1. The fourth-order valence-corrected chi connectivity index (χ4v) is 3.03. The normalized spacial score (nSPS) is 20.9. The molecular weight excluding hydrogens is 274 g/mol. The van der Waals surface area contributed by atoms with Crippen molar-refractivity contribution in [3.05, 3.63) is 29.8 Å². The molecule has 3 nitrogen and oxygen atoms in total. The number of nitrogens with zero attached hydrogens (tertiary/aromatic N) is 1. The van der Waals surface area contributed by atoms with Crippen LogP contribution in [0.15, 0.2) is 24.3 Å². The molecule has 0 saturated heterocycles. The number of ether oxygens (including phenoxy) is 1. The largest absolute Gasteiger partial charge is 0.480 e. The summed E-state index contributed by atoms with van der Waals surface area (Å²) >= 11 is 5.78. The summed E-state index contributed by atoms with van der Waals surface area (Å²) in [6.07, 6.45) is 4.66. The molecule has 0 bridgehead atoms. The van der Waals surface area contributed by atoms with E-state index in [9.17, 15) is 4.79 Å². The number of alkyl halides is 1. The van der Waals surface area contributed by atoms with E-state index in [0.717, 1.165) is 37.1 Å². The van der Waals surface area contributed by atoms with Crippen LogP contribution >= 0.6 is 11.6 Å². The lowest BCUT2D eigenvalue weighted by molar-refractivity contribution is -0.142. The van der Waals surface area contributed by atoms with Crippen molar-refractivity contribution < 1.29 is 9.53 Å². The second-order valence-corrected chi connectivity index (χ2v) is 5.96. The fraction of sp³-hybridized carbons (Fsp3) is 0.562. The Labute approximate surface area is 124 Å². The van der Waals surface area contributed by atoms with E-state index < -0.39 is 0 Å². The van der Waals surface area contributed by atoms with Gasteiger partial charge >= 0.3 is 0 Å². The minimum Gasteiger partial charge on any atom is -0.480 e. The molecule has 1 saturated carbocycles. The van der Waals surface area contributed by atoms with Crippen molar-refractivity contribution in [1.29, 1.82) is 0 Å². The number of para-hydroxylation sites is 1. The first-order valence-corrected chi connectivity index (χ1v) is 7.94. The predicted molar refractivity (Wildman–Crippen MR) is 79.3 cm³/mol. The van der Waals surface area contributed by atoms with Crippen LogP contribution in [0.25, 0.3) is 0 Å². The van der Waals surface area contributed by atoms with E-state index in [-0.39, 0.29) is 12.0 Å². The number of amides is 1. The summed E-state index contributed by atoms with van der Waals surface area (Å²) in [6.45, 7) is 0.753. The summed E-state index contributed by atoms with van der Waals surface area (Å²) in [5.41, 5.74) is 1.14. The van der Waals surface area contributed by atoms with Gasteiger partial charge in [-0.3, -0.25) is 4.79 Å². The quantitative estimate of drug-likeness (QED) is 0.781. The van der Waals surface area contributed by atoms with Gasteiger partial charge in [0, 0.05) is 24.9 Å². The van der Waals surface area contributed by atoms with Crippen LogP contribution in [0.4, 0.5) is 0 Å². The van der Waals surface area contributed by atoms with E-state index in [2.05, 4.69) is 0 Å². The van der Waals surface area contributed by atoms with Crippen LogP contribution in [0.5, 0.6) is 5.75 Å². The SMILES string of the molecule is O=C(C1Cc2ccccc2O1)N(CCCCl)C1CCC1. The zero-order valence-corrected chi connectivity index (χ0v) is 12.3. The van der Waals surface area contributed by atoms with Crippen LogP contribution in [0.2, 0.25) is 0 Å². The molecule has 1 amide bonds. The number of rotatable bonds is 5. The third kappa shape index (κ3) is 2.64. The van der Waals surface area contributed by atoms with Crippen LogP contribution in [0.3, 0.4) is 0 Å². The van der Waals surface area contributed by atoms with E-state index in [0.29, 0.717) is 18.3 Å². The summed E-state index contributed by atoms with van der Waals surface area (Å²) in [6, 6.07) is 8.32. The highest BCUT2D eigenvalue weighted by Gasteiger charge is 2.36. The van der Waals surface area contributed by atoms with Gasteiger partial charge in [0.15, 0.2) is 6.10 Å². The standard InChI is InChI=1S/C16H20ClNO2/c17-9-4-10-18(13-6-3-7-13)16(19)15-11-12-5-1-2-8-14(12)20-15/h1-2,5,8,13,15H,3-4,6-7,9-11H2. The van der Waals surface area contributed by atoms with Crippen molar-refractivity contribution in [3.8, 4) is 5.75 Å². The molecule has 1 aromatic carbocycles. The Bertz CT molecular complexity index is 462. The minimum absolute atomic E-state index is 0.135. The van der Waals surface area contributed by atoms with Gasteiger partial charge in [0.1, 0.15) is 5.75 Å². The van der Waals surface area contributed by atoms with Crippen LogP contribution in [-0.4, -0.2) is 35.4 Å². The van der Waals surface area contributed by atoms with Crippen molar-refractivity contribution >= 4 is 17.5 Å². The molecule has 0 radical (unpaired) electrons. The Morgan fingerprint density at radius 1 is 1.35 bits per heavy atom. The molecule has 1 aliphatic carbocycles. The predicted octanol–water partition coefficient (Wildman–Crippen LogP) is 3.00. The third-order valence-corrected chi connectivity index (χ3v) is 4.52. The van der Waals surface area contributed by atoms with Crippen molar-refractivity contribution in [2.45, 2.75) is 44.2 Å². The molecule has 1 aliphatic heterocycles. The number of carbonyl (C=O) groups is 1. The van der Waals surface area contributed by atoms with E-state index in [4.69, 9.17) is 16.3 Å². The zero-order valence-electron chi connectivity index (χ0n) is 11.6. The number of carbonyl (C=O) groups excluding carboxylic acids is 1. The number of hydrogen-bond donors (Lipinski definition) is 0. The molecular formula is C16H20ClNO2. The van der Waals surface area contributed by atoms with E-state index >= 15 is 0 Å². The Morgan fingerprint density at radius 3 is 2.80 bits per heavy atom. The Balaban J connectivity index is 1.68. The molecule has 108 valence electrons. The lowest BCUT2D eigenvalue weighted by atomic mass is 9.90. The number of fused-ring (bicyclic) bond motifs is 1. The van der Waals surface area contributed by atoms with Gasteiger partial charge in [-0.2, -0.15) is 0 Å². The highest BCUT2D eigenvalue weighted by atomic mass is 35.5. The van der Waals surface area contributed by atoms with Crippen LogP contribution in [0, 0.1) is 0 Å². The number of halogens is 1. The molecule has 3 rings (SSSR count). The maximum absolute atomic E-state index is 12.7. The second kappa shape index (κ2) is 6.04. The molecule has 0 N–H and O–H groups in total. The van der Waals surface area contributed by atoms with Crippen molar-refractivity contribution in [2.24, 2.45) is 0 Å². The summed E-state index contributed by atoms with van der Waals surface area (Å²) in [7, 11) is 0. The van der Waals surface area contributed by atoms with Crippen LogP contribution in [-0.2, 0) is 11.2 Å². The molecule has 1 fully saturated rings. The maximum Gasteiger partial charge on any atom is 0.264 e. The molecule has 1 unspecified atom stereocenters. The molecule has 2 aliphatic rings. The summed E-state index contributed by atoms with van der Waals surface area (Å²) in [5, 5.41) is 0. The average molecular weight is 294 g/mol. The monoisotopic (exact) mass is 293 g/mol. The lowest BCUT2D eigenvalue weighted by Crippen LogP contribution is -2.50. The van der Waals surface area contributed by atoms with Gasteiger partial charge in [-0.1, -0.05) is 18.2 Å². The van der Waals surface area contributed by atoms with Gasteiger partial charge < -0.3 is 9.64 Å². The van der Waals surface area contributed by atoms with Crippen molar-refractivity contribution in [1.82, 2.24) is 4.90 Å². The molecule has 1 atom stereocenters. The Kier molecular flexibility index (Phi) is 4.16. The van der Waals surface area contributed by atoms with Gasteiger partial charge in [-0.15, -0.1) is 11.6 Å². The van der Waals surface area contributed by atoms with Gasteiger partial charge in [0.2, 0.25) is 0 Å². The minimum atomic E-state index is -0.344. The first kappa shape index (κ1) is 13.7. The van der Waals surface area contributed by atoms with E-state index in [1.807, 2.05) is 29.2 Å². The first-order valence-electron chi connectivity index (χ1n) is 7.40. The van der Waals surface area contributed by atoms with E-state index in [1.165, 1.54) is 6.42 Å². The highest BCUT2D eigenvalue weighted by Crippen LogP contribution is 2.31. The maximum atomic E-state index is 12.7. The third-order valence-electron chi connectivity index (χ3n) is 4.25. The van der Waals surface area contributed by atoms with E-state index in [1.54, 1.807) is 0 Å².